The number of rotatable bonds is 2. The van der Waals surface area contributed by atoms with Gasteiger partial charge in [0.05, 0.1) is 4.92 Å². The van der Waals surface area contributed by atoms with Crippen molar-refractivity contribution in [2.75, 3.05) is 11.5 Å². The minimum atomic E-state index is -0.507. The molecule has 0 aromatic rings. The SMILES string of the molecule is O=[N+]([O-])C(=C1SCCS1)/C(Cl)=C(/Cl)Br. The molecule has 0 saturated carbocycles. The minimum Gasteiger partial charge on any atom is -0.258 e. The summed E-state index contributed by atoms with van der Waals surface area (Å²) in [5.41, 5.74) is -0.110. The van der Waals surface area contributed by atoms with Gasteiger partial charge in [-0.05, 0) is 15.9 Å². The first-order valence-corrected chi connectivity index (χ1v) is 6.91. The average molecular weight is 337 g/mol. The Labute approximate surface area is 108 Å². The lowest BCUT2D eigenvalue weighted by atomic mass is 10.5. The average Bonchev–Trinajstić information content (AvgIpc) is 2.56. The van der Waals surface area contributed by atoms with Crippen molar-refractivity contribution in [2.45, 2.75) is 0 Å². The summed E-state index contributed by atoms with van der Waals surface area (Å²) in [6.07, 6.45) is 0. The molecule has 0 aromatic heterocycles. The van der Waals surface area contributed by atoms with Crippen molar-refractivity contribution in [1.29, 1.82) is 0 Å². The Morgan fingerprint density at radius 2 is 1.93 bits per heavy atom. The van der Waals surface area contributed by atoms with E-state index in [0.29, 0.717) is 4.24 Å². The van der Waals surface area contributed by atoms with E-state index in [2.05, 4.69) is 15.9 Å². The third-order valence-corrected chi connectivity index (χ3v) is 5.27. The molecule has 8 heteroatoms. The fourth-order valence-corrected chi connectivity index (χ4v) is 3.83. The summed E-state index contributed by atoms with van der Waals surface area (Å²) in [7, 11) is 0. The molecule has 0 atom stereocenters. The molecule has 1 aliphatic heterocycles. The number of nitrogens with zero attached hydrogens (tertiary/aromatic N) is 1. The van der Waals surface area contributed by atoms with Crippen molar-refractivity contribution < 1.29 is 4.92 Å². The maximum atomic E-state index is 10.8. The normalized spacial score (nSPS) is 18.1. The van der Waals surface area contributed by atoms with Crippen molar-refractivity contribution in [3.8, 4) is 0 Å². The summed E-state index contributed by atoms with van der Waals surface area (Å²) in [6, 6.07) is 0. The Hall–Kier alpha value is 0.640. The number of hydrogen-bond acceptors (Lipinski definition) is 4. The van der Waals surface area contributed by atoms with Gasteiger partial charge >= 0.3 is 5.70 Å². The lowest BCUT2D eigenvalue weighted by Crippen LogP contribution is -2.00. The van der Waals surface area contributed by atoms with E-state index in [-0.39, 0.29) is 14.7 Å². The Balaban J connectivity index is 3.13. The Morgan fingerprint density at radius 3 is 2.29 bits per heavy atom. The summed E-state index contributed by atoms with van der Waals surface area (Å²) in [4.78, 5) is 10.2. The van der Waals surface area contributed by atoms with Crippen LogP contribution in [0.4, 0.5) is 0 Å². The molecule has 1 aliphatic rings. The third-order valence-electron chi connectivity index (χ3n) is 1.30. The van der Waals surface area contributed by atoms with Crippen LogP contribution < -0.4 is 0 Å². The monoisotopic (exact) mass is 335 g/mol. The van der Waals surface area contributed by atoms with Gasteiger partial charge in [0.2, 0.25) is 0 Å². The molecule has 0 N–H and O–H groups in total. The van der Waals surface area contributed by atoms with Gasteiger partial charge in [0.15, 0.2) is 0 Å². The van der Waals surface area contributed by atoms with E-state index in [1.807, 2.05) is 0 Å². The van der Waals surface area contributed by atoms with Gasteiger partial charge < -0.3 is 0 Å². The topological polar surface area (TPSA) is 43.1 Å². The van der Waals surface area contributed by atoms with Gasteiger partial charge in [-0.2, -0.15) is 0 Å². The van der Waals surface area contributed by atoms with Gasteiger partial charge in [-0.25, -0.2) is 0 Å². The van der Waals surface area contributed by atoms with Gasteiger partial charge in [0.1, 0.15) is 13.2 Å². The predicted molar refractivity (Wildman–Crippen MR) is 66.6 cm³/mol. The molecule has 0 radical (unpaired) electrons. The lowest BCUT2D eigenvalue weighted by molar-refractivity contribution is -0.419. The van der Waals surface area contributed by atoms with Gasteiger partial charge in [0, 0.05) is 11.5 Å². The second-order valence-corrected chi connectivity index (χ2v) is 6.64. The fraction of sp³-hybridized carbons (Fsp3) is 0.333. The highest BCUT2D eigenvalue weighted by atomic mass is 79.9. The molecule has 1 saturated heterocycles. The van der Waals surface area contributed by atoms with E-state index in [4.69, 9.17) is 23.2 Å². The standard InChI is InChI=1S/C6H4BrCl2NO2S2/c7-5(9)3(8)4(10(11)12)6-13-1-2-14-6/h1-2H2/b5-3-. The van der Waals surface area contributed by atoms with E-state index < -0.39 is 4.92 Å². The van der Waals surface area contributed by atoms with E-state index in [0.717, 1.165) is 11.5 Å². The van der Waals surface area contributed by atoms with E-state index in [1.54, 1.807) is 0 Å². The number of halogens is 3. The molecular formula is C6H4BrCl2NO2S2. The van der Waals surface area contributed by atoms with Gasteiger partial charge in [-0.3, -0.25) is 10.1 Å². The molecule has 0 aliphatic carbocycles. The molecule has 0 aromatic carbocycles. The second kappa shape index (κ2) is 5.65. The molecule has 3 nitrogen and oxygen atoms in total. The van der Waals surface area contributed by atoms with Crippen molar-refractivity contribution >= 4 is 62.7 Å². The van der Waals surface area contributed by atoms with Crippen LogP contribution in [-0.4, -0.2) is 16.4 Å². The number of allylic oxidation sites excluding steroid dienone is 1. The van der Waals surface area contributed by atoms with Crippen LogP contribution in [-0.2, 0) is 0 Å². The quantitative estimate of drug-likeness (QED) is 0.565. The molecule has 1 rings (SSSR count). The van der Waals surface area contributed by atoms with E-state index in [9.17, 15) is 10.1 Å². The zero-order valence-corrected chi connectivity index (χ0v) is 11.4. The van der Waals surface area contributed by atoms with Crippen molar-refractivity contribution in [1.82, 2.24) is 0 Å². The first kappa shape index (κ1) is 12.7. The summed E-state index contributed by atoms with van der Waals surface area (Å²) in [6.45, 7) is 0. The Bertz CT molecular complexity index is 320. The number of thioether (sulfide) groups is 2. The first-order chi connectivity index (χ1) is 6.54. The summed E-state index contributed by atoms with van der Waals surface area (Å²) >= 11 is 17.1. The van der Waals surface area contributed by atoms with Crippen molar-refractivity contribution in [3.63, 3.8) is 0 Å². The van der Waals surface area contributed by atoms with Crippen molar-refractivity contribution in [3.05, 3.63) is 29.0 Å². The maximum absolute atomic E-state index is 10.8. The Kier molecular flexibility index (Phi) is 5.13. The van der Waals surface area contributed by atoms with Crippen LogP contribution in [0, 0.1) is 10.1 Å². The van der Waals surface area contributed by atoms with Gasteiger partial charge in [-0.1, -0.05) is 23.2 Å². The van der Waals surface area contributed by atoms with Gasteiger partial charge in [0.25, 0.3) is 0 Å². The molecule has 1 fully saturated rings. The zero-order valence-electron chi connectivity index (χ0n) is 6.63. The molecular weight excluding hydrogens is 333 g/mol. The highest BCUT2D eigenvalue weighted by Crippen LogP contribution is 2.42. The predicted octanol–water partition coefficient (Wildman–Crippen LogP) is 3.95. The third kappa shape index (κ3) is 3.06. The van der Waals surface area contributed by atoms with Crippen LogP contribution in [0.2, 0.25) is 0 Å². The van der Waals surface area contributed by atoms with Crippen LogP contribution in [0.5, 0.6) is 0 Å². The summed E-state index contributed by atoms with van der Waals surface area (Å²) in [5.74, 6) is 1.73. The smallest absolute Gasteiger partial charge is 0.258 e. The highest BCUT2D eigenvalue weighted by Gasteiger charge is 2.27. The van der Waals surface area contributed by atoms with Crippen LogP contribution in [0.25, 0.3) is 0 Å². The molecule has 14 heavy (non-hydrogen) atoms. The van der Waals surface area contributed by atoms with Crippen LogP contribution in [0.1, 0.15) is 0 Å². The van der Waals surface area contributed by atoms with Crippen molar-refractivity contribution in [2.24, 2.45) is 0 Å². The Morgan fingerprint density at radius 1 is 1.43 bits per heavy atom. The summed E-state index contributed by atoms with van der Waals surface area (Å²) in [5, 5.41) is 10.7. The molecule has 0 unspecified atom stereocenters. The lowest BCUT2D eigenvalue weighted by Gasteiger charge is -1.99. The number of hydrogen-bond donors (Lipinski definition) is 0. The van der Waals surface area contributed by atoms with Crippen LogP contribution in [0.3, 0.4) is 0 Å². The molecule has 0 amide bonds. The molecule has 0 bridgehead atoms. The van der Waals surface area contributed by atoms with Gasteiger partial charge in [-0.15, -0.1) is 23.5 Å². The molecule has 0 spiro atoms. The number of nitro groups is 1. The maximum Gasteiger partial charge on any atom is 0.309 e. The molecule has 78 valence electrons. The van der Waals surface area contributed by atoms with Crippen LogP contribution >= 0.6 is 62.7 Å². The zero-order chi connectivity index (χ0) is 10.7. The minimum absolute atomic E-state index is 0.0476. The second-order valence-electron chi connectivity index (χ2n) is 2.16. The molecule has 1 heterocycles. The van der Waals surface area contributed by atoms with E-state index >= 15 is 0 Å². The fourth-order valence-electron chi connectivity index (χ4n) is 0.781. The van der Waals surface area contributed by atoms with E-state index in [1.165, 1.54) is 23.5 Å². The van der Waals surface area contributed by atoms with Crippen LogP contribution in [0.15, 0.2) is 18.9 Å². The highest BCUT2D eigenvalue weighted by molar-refractivity contribution is 9.12. The largest absolute Gasteiger partial charge is 0.309 e. The summed E-state index contributed by atoms with van der Waals surface area (Å²) < 4.78 is 0.684. The first-order valence-electron chi connectivity index (χ1n) is 3.39.